The van der Waals surface area contributed by atoms with Crippen LogP contribution in [0, 0.1) is 0 Å². The van der Waals surface area contributed by atoms with Crippen molar-refractivity contribution >= 4 is 28.8 Å². The quantitative estimate of drug-likeness (QED) is 0.805. The molecule has 3 rings (SSSR count). The van der Waals surface area contributed by atoms with Crippen molar-refractivity contribution in [3.05, 3.63) is 51.7 Å². The first kappa shape index (κ1) is 14.4. The van der Waals surface area contributed by atoms with E-state index in [9.17, 15) is 4.79 Å². The second-order valence-electron chi connectivity index (χ2n) is 5.07. The van der Waals surface area contributed by atoms with Crippen molar-refractivity contribution in [2.45, 2.75) is 25.4 Å². The Bertz CT molecular complexity index is 593. The molecule has 2 aromatic rings. The third-order valence-electron chi connectivity index (χ3n) is 3.39. The monoisotopic (exact) mass is 321 g/mol. The van der Waals surface area contributed by atoms with Crippen LogP contribution in [0.1, 0.15) is 17.7 Å². The number of hydrogen-bond acceptors (Lipinski definition) is 3. The van der Waals surface area contributed by atoms with Gasteiger partial charge in [-0.2, -0.15) is 0 Å². The highest BCUT2D eigenvalue weighted by molar-refractivity contribution is 7.09. The summed E-state index contributed by atoms with van der Waals surface area (Å²) in [5.41, 5.74) is 0. The number of nitrogens with zero attached hydrogens (tertiary/aromatic N) is 1. The van der Waals surface area contributed by atoms with Crippen LogP contribution in [0.15, 0.2) is 41.8 Å². The predicted molar refractivity (Wildman–Crippen MR) is 84.8 cm³/mol. The minimum absolute atomic E-state index is 0.0425. The van der Waals surface area contributed by atoms with Crippen molar-refractivity contribution in [1.29, 1.82) is 0 Å². The Kier molecular flexibility index (Phi) is 4.46. The van der Waals surface area contributed by atoms with Crippen molar-refractivity contribution in [1.82, 2.24) is 4.90 Å². The number of benzene rings is 1. The fourth-order valence-electron chi connectivity index (χ4n) is 2.14. The highest BCUT2D eigenvalue weighted by Gasteiger charge is 2.32. The van der Waals surface area contributed by atoms with Crippen LogP contribution in [-0.4, -0.2) is 23.5 Å². The summed E-state index contributed by atoms with van der Waals surface area (Å²) in [5.74, 6) is 0.709. The summed E-state index contributed by atoms with van der Waals surface area (Å²) in [6, 6.07) is 11.5. The summed E-state index contributed by atoms with van der Waals surface area (Å²) in [6.45, 7) is 0.759. The number of carbonyl (C=O) groups excluding carboxylic acids is 1. The summed E-state index contributed by atoms with van der Waals surface area (Å²) in [4.78, 5) is 15.5. The molecule has 0 N–H and O–H groups in total. The highest BCUT2D eigenvalue weighted by Crippen LogP contribution is 2.29. The van der Waals surface area contributed by atoms with E-state index in [1.807, 2.05) is 16.3 Å². The maximum absolute atomic E-state index is 12.4. The van der Waals surface area contributed by atoms with Crippen LogP contribution in [0.3, 0.4) is 0 Å². The molecule has 3 nitrogen and oxygen atoms in total. The van der Waals surface area contributed by atoms with Crippen LogP contribution >= 0.6 is 22.9 Å². The van der Waals surface area contributed by atoms with Gasteiger partial charge in [0.25, 0.3) is 5.91 Å². The number of amides is 1. The van der Waals surface area contributed by atoms with Crippen molar-refractivity contribution in [3.8, 4) is 5.75 Å². The molecule has 1 aromatic carbocycles. The Morgan fingerprint density at radius 1 is 1.29 bits per heavy atom. The summed E-state index contributed by atoms with van der Waals surface area (Å²) >= 11 is 7.51. The zero-order valence-electron chi connectivity index (χ0n) is 11.5. The SMILES string of the molecule is O=C(COc1ccc(Cl)cc1)N(Cc1cccs1)C1CC1. The number of rotatable bonds is 6. The van der Waals surface area contributed by atoms with E-state index in [1.165, 1.54) is 4.88 Å². The van der Waals surface area contributed by atoms with Gasteiger partial charge in [0.05, 0.1) is 6.54 Å². The lowest BCUT2D eigenvalue weighted by Crippen LogP contribution is -2.36. The topological polar surface area (TPSA) is 29.5 Å². The molecule has 1 fully saturated rings. The van der Waals surface area contributed by atoms with E-state index >= 15 is 0 Å². The van der Waals surface area contributed by atoms with Gasteiger partial charge >= 0.3 is 0 Å². The molecule has 1 aliphatic rings. The normalized spacial score (nSPS) is 14.0. The van der Waals surface area contributed by atoms with E-state index in [0.29, 0.717) is 23.4 Å². The van der Waals surface area contributed by atoms with Crippen molar-refractivity contribution in [2.24, 2.45) is 0 Å². The first-order valence-electron chi connectivity index (χ1n) is 6.92. The Labute approximate surface area is 133 Å². The molecule has 1 heterocycles. The summed E-state index contributed by atoms with van der Waals surface area (Å²) in [7, 11) is 0. The molecule has 21 heavy (non-hydrogen) atoms. The number of hydrogen-bond donors (Lipinski definition) is 0. The molecule has 0 radical (unpaired) electrons. The molecule has 0 atom stereocenters. The first-order valence-corrected chi connectivity index (χ1v) is 8.18. The van der Waals surface area contributed by atoms with Crippen LogP contribution < -0.4 is 4.74 Å². The van der Waals surface area contributed by atoms with E-state index in [1.54, 1.807) is 35.6 Å². The third kappa shape index (κ3) is 3.99. The molecule has 1 saturated carbocycles. The number of thiophene rings is 1. The average Bonchev–Trinajstić information content (AvgIpc) is 3.20. The fraction of sp³-hybridized carbons (Fsp3) is 0.312. The fourth-order valence-corrected chi connectivity index (χ4v) is 2.97. The standard InChI is InChI=1S/C16H16ClNO2S/c17-12-3-7-14(8-4-12)20-11-16(19)18(13-5-6-13)10-15-2-1-9-21-15/h1-4,7-9,13H,5-6,10-11H2. The van der Waals surface area contributed by atoms with Crippen LogP contribution in [0.2, 0.25) is 5.02 Å². The van der Waals surface area contributed by atoms with Crippen molar-refractivity contribution < 1.29 is 9.53 Å². The predicted octanol–water partition coefficient (Wildman–Crippen LogP) is 3.97. The number of halogens is 1. The number of ether oxygens (including phenoxy) is 1. The lowest BCUT2D eigenvalue weighted by atomic mass is 10.3. The molecule has 1 amide bonds. The molecule has 0 spiro atoms. The summed E-state index contributed by atoms with van der Waals surface area (Å²) in [5, 5.41) is 2.70. The van der Waals surface area contributed by atoms with Crippen molar-refractivity contribution in [3.63, 3.8) is 0 Å². The van der Waals surface area contributed by atoms with Crippen LogP contribution in [0.25, 0.3) is 0 Å². The molecule has 1 aliphatic carbocycles. The maximum atomic E-state index is 12.4. The molecule has 5 heteroatoms. The second-order valence-corrected chi connectivity index (χ2v) is 6.54. The molecule has 110 valence electrons. The Morgan fingerprint density at radius 2 is 2.05 bits per heavy atom. The van der Waals surface area contributed by atoms with Gasteiger partial charge in [-0.1, -0.05) is 17.7 Å². The van der Waals surface area contributed by atoms with Gasteiger partial charge in [-0.25, -0.2) is 0 Å². The molecule has 0 aliphatic heterocycles. The Hall–Kier alpha value is -1.52. The minimum Gasteiger partial charge on any atom is -0.484 e. The van der Waals surface area contributed by atoms with Gasteiger partial charge in [-0.3, -0.25) is 4.79 Å². The third-order valence-corrected chi connectivity index (χ3v) is 4.50. The lowest BCUT2D eigenvalue weighted by Gasteiger charge is -2.21. The highest BCUT2D eigenvalue weighted by atomic mass is 35.5. The van der Waals surface area contributed by atoms with Gasteiger partial charge in [0.1, 0.15) is 5.75 Å². The Balaban J connectivity index is 1.58. The summed E-state index contributed by atoms with van der Waals surface area (Å²) < 4.78 is 5.55. The number of carbonyl (C=O) groups is 1. The lowest BCUT2D eigenvalue weighted by molar-refractivity contribution is -0.134. The van der Waals surface area contributed by atoms with Gasteiger partial charge in [0, 0.05) is 15.9 Å². The first-order chi connectivity index (χ1) is 10.2. The minimum atomic E-state index is 0.0425. The molecule has 0 bridgehead atoms. The van der Waals surface area contributed by atoms with Crippen molar-refractivity contribution in [2.75, 3.05) is 6.61 Å². The van der Waals surface area contributed by atoms with Gasteiger partial charge < -0.3 is 9.64 Å². The van der Waals surface area contributed by atoms with E-state index in [-0.39, 0.29) is 12.5 Å². The van der Waals surface area contributed by atoms with E-state index in [4.69, 9.17) is 16.3 Å². The summed E-state index contributed by atoms with van der Waals surface area (Å²) in [6.07, 6.45) is 2.19. The largest absolute Gasteiger partial charge is 0.484 e. The molecule has 0 saturated heterocycles. The van der Waals surface area contributed by atoms with Crippen LogP contribution in [0.5, 0.6) is 5.75 Å². The van der Waals surface area contributed by atoms with Gasteiger partial charge in [0.2, 0.25) is 0 Å². The van der Waals surface area contributed by atoms with Gasteiger partial charge in [-0.05, 0) is 48.6 Å². The van der Waals surface area contributed by atoms with Gasteiger partial charge in [0.15, 0.2) is 6.61 Å². The molecule has 1 aromatic heterocycles. The zero-order chi connectivity index (χ0) is 14.7. The molecule has 0 unspecified atom stereocenters. The second kappa shape index (κ2) is 6.50. The maximum Gasteiger partial charge on any atom is 0.261 e. The average molecular weight is 322 g/mol. The van der Waals surface area contributed by atoms with Gasteiger partial charge in [-0.15, -0.1) is 11.3 Å². The molecular formula is C16H16ClNO2S. The zero-order valence-corrected chi connectivity index (χ0v) is 13.1. The van der Waals surface area contributed by atoms with E-state index in [0.717, 1.165) is 12.8 Å². The van der Waals surface area contributed by atoms with Crippen LogP contribution in [-0.2, 0) is 11.3 Å². The molecular weight excluding hydrogens is 306 g/mol. The Morgan fingerprint density at radius 3 is 2.67 bits per heavy atom. The van der Waals surface area contributed by atoms with E-state index < -0.39 is 0 Å². The van der Waals surface area contributed by atoms with E-state index in [2.05, 4.69) is 6.07 Å². The van der Waals surface area contributed by atoms with Crippen LogP contribution in [0.4, 0.5) is 0 Å². The smallest absolute Gasteiger partial charge is 0.261 e.